The van der Waals surface area contributed by atoms with Crippen molar-refractivity contribution in [3.8, 4) is 23.0 Å². The van der Waals surface area contributed by atoms with Crippen molar-refractivity contribution in [2.24, 2.45) is 5.73 Å². The van der Waals surface area contributed by atoms with Gasteiger partial charge < -0.3 is 19.8 Å². The highest BCUT2D eigenvalue weighted by atomic mass is 35.5. The lowest BCUT2D eigenvalue weighted by Crippen LogP contribution is -2.13. The Labute approximate surface area is 200 Å². The number of hydrogen-bond acceptors (Lipinski definition) is 8. The first-order valence-electron chi connectivity index (χ1n) is 10.7. The molecule has 174 valence electrons. The van der Waals surface area contributed by atoms with Crippen LogP contribution in [0.4, 0.5) is 0 Å². The molecule has 0 spiro atoms. The van der Waals surface area contributed by atoms with Gasteiger partial charge in [-0.2, -0.15) is 15.2 Å². The molecule has 0 radical (unpaired) electrons. The molecule has 1 amide bonds. The van der Waals surface area contributed by atoms with Gasteiger partial charge in [0.05, 0.1) is 37.0 Å². The van der Waals surface area contributed by atoms with Gasteiger partial charge in [0.1, 0.15) is 23.5 Å². The van der Waals surface area contributed by atoms with Crippen LogP contribution in [0.15, 0.2) is 36.8 Å². The van der Waals surface area contributed by atoms with Crippen LogP contribution in [0.25, 0.3) is 22.6 Å². The van der Waals surface area contributed by atoms with E-state index in [-0.39, 0.29) is 12.0 Å². The number of aromatic nitrogens is 6. The number of ether oxygens (including phenoxy) is 2. The van der Waals surface area contributed by atoms with Crippen LogP contribution < -0.4 is 15.2 Å². The lowest BCUT2D eigenvalue weighted by atomic mass is 10.1. The van der Waals surface area contributed by atoms with E-state index in [1.54, 1.807) is 25.3 Å². The molecule has 1 aliphatic rings. The number of halogens is 1. The van der Waals surface area contributed by atoms with Gasteiger partial charge in [0.25, 0.3) is 0 Å². The molecule has 3 heterocycles. The zero-order chi connectivity index (χ0) is 23.9. The lowest BCUT2D eigenvalue weighted by Gasteiger charge is -2.12. The van der Waals surface area contributed by atoms with Crippen LogP contribution in [0.1, 0.15) is 31.0 Å². The normalized spacial score (nSPS) is 14.2. The number of benzene rings is 1. The Hall–Kier alpha value is -3.79. The monoisotopic (exact) mass is 479 g/mol. The van der Waals surface area contributed by atoms with E-state index in [1.807, 2.05) is 17.6 Å². The van der Waals surface area contributed by atoms with Crippen molar-refractivity contribution in [1.82, 2.24) is 29.7 Å². The average molecular weight is 480 g/mol. The van der Waals surface area contributed by atoms with Crippen LogP contribution >= 0.6 is 11.6 Å². The van der Waals surface area contributed by atoms with E-state index in [9.17, 15) is 4.79 Å². The van der Waals surface area contributed by atoms with Crippen LogP contribution in [0, 0.1) is 0 Å². The molecule has 3 aromatic heterocycles. The van der Waals surface area contributed by atoms with E-state index in [2.05, 4.69) is 20.2 Å². The second-order valence-corrected chi connectivity index (χ2v) is 8.88. The van der Waals surface area contributed by atoms with E-state index in [4.69, 9.17) is 31.8 Å². The van der Waals surface area contributed by atoms with Crippen molar-refractivity contribution in [2.45, 2.75) is 38.3 Å². The fourth-order valence-electron chi connectivity index (χ4n) is 3.65. The molecular formula is C23H22ClN7O3. The molecular weight excluding hydrogens is 458 g/mol. The fourth-order valence-corrected chi connectivity index (χ4v) is 3.94. The van der Waals surface area contributed by atoms with E-state index in [0.717, 1.165) is 12.8 Å². The highest BCUT2D eigenvalue weighted by Crippen LogP contribution is 2.41. The molecule has 5 rings (SSSR count). The Morgan fingerprint density at radius 3 is 2.79 bits per heavy atom. The molecule has 34 heavy (non-hydrogen) atoms. The first-order valence-corrected chi connectivity index (χ1v) is 11.1. The maximum atomic E-state index is 11.3. The highest BCUT2D eigenvalue weighted by molar-refractivity contribution is 6.33. The van der Waals surface area contributed by atoms with Gasteiger partial charge in [-0.15, -0.1) is 0 Å². The van der Waals surface area contributed by atoms with E-state index in [0.29, 0.717) is 57.0 Å². The summed E-state index contributed by atoms with van der Waals surface area (Å²) in [7, 11) is 1.57. The Morgan fingerprint density at radius 1 is 1.26 bits per heavy atom. The molecule has 0 atom stereocenters. The number of carbonyl (C=O) groups excluding carboxylic acids is 1. The van der Waals surface area contributed by atoms with Crippen molar-refractivity contribution in [3.63, 3.8) is 0 Å². The van der Waals surface area contributed by atoms with Gasteiger partial charge in [-0.25, -0.2) is 9.97 Å². The Morgan fingerprint density at radius 2 is 2.09 bits per heavy atom. The summed E-state index contributed by atoms with van der Waals surface area (Å²) in [4.78, 5) is 25.0. The van der Waals surface area contributed by atoms with Gasteiger partial charge in [-0.3, -0.25) is 4.79 Å². The van der Waals surface area contributed by atoms with Crippen LogP contribution in [0.2, 0.25) is 5.02 Å². The van der Waals surface area contributed by atoms with Gasteiger partial charge >= 0.3 is 0 Å². The minimum atomic E-state index is -0.432. The second kappa shape index (κ2) is 8.53. The van der Waals surface area contributed by atoms with Gasteiger partial charge in [0.2, 0.25) is 11.8 Å². The van der Waals surface area contributed by atoms with Gasteiger partial charge in [0.15, 0.2) is 11.2 Å². The Balaban J connectivity index is 1.65. The number of methoxy groups -OCH3 is 1. The molecule has 1 saturated carbocycles. The quantitative estimate of drug-likeness (QED) is 0.408. The molecule has 2 N–H and O–H groups in total. The number of imidazole rings is 1. The van der Waals surface area contributed by atoms with Crippen molar-refractivity contribution in [3.05, 3.63) is 53.1 Å². The summed E-state index contributed by atoms with van der Waals surface area (Å²) in [6, 6.07) is 7.12. The minimum Gasteiger partial charge on any atom is -0.495 e. The fraction of sp³-hybridized carbons (Fsp3) is 0.304. The summed E-state index contributed by atoms with van der Waals surface area (Å²) in [5.41, 5.74) is 8.22. The molecule has 1 fully saturated rings. The molecule has 10 nitrogen and oxygen atoms in total. The van der Waals surface area contributed by atoms with Crippen molar-refractivity contribution in [1.29, 1.82) is 0 Å². The van der Waals surface area contributed by atoms with Crippen LogP contribution in [-0.4, -0.2) is 48.3 Å². The van der Waals surface area contributed by atoms with Crippen LogP contribution in [-0.2, 0) is 17.8 Å². The summed E-state index contributed by atoms with van der Waals surface area (Å²) >= 11 is 6.63. The third-order valence-electron chi connectivity index (χ3n) is 5.68. The smallest absolute Gasteiger partial charge is 0.245 e. The minimum absolute atomic E-state index is 0.0951. The van der Waals surface area contributed by atoms with Crippen molar-refractivity contribution in [2.75, 3.05) is 7.11 Å². The molecule has 11 heteroatoms. The predicted molar refractivity (Wildman–Crippen MR) is 125 cm³/mol. The van der Waals surface area contributed by atoms with Gasteiger partial charge in [0, 0.05) is 11.6 Å². The molecule has 0 saturated heterocycles. The van der Waals surface area contributed by atoms with E-state index < -0.39 is 5.91 Å². The third kappa shape index (κ3) is 4.36. The standard InChI is InChI=1S/C23H22ClN7O3/c1-23(5-6-23)34-22-19-21(26-12-27-22)31(11-14-9-15(33-2)10-28-30-14)20(29-19)16-4-3-13(7-17(16)24)8-18(25)32/h3-4,7,9-10,12H,5-6,8,11H2,1-2H3,(H2,25,32). The number of nitrogens with two attached hydrogens (primary N) is 1. The maximum absolute atomic E-state index is 11.3. The number of hydrogen-bond donors (Lipinski definition) is 1. The molecule has 0 aliphatic heterocycles. The predicted octanol–water partition coefficient (Wildman–Crippen LogP) is 2.95. The molecule has 1 aromatic carbocycles. The van der Waals surface area contributed by atoms with Crippen molar-refractivity contribution < 1.29 is 14.3 Å². The molecule has 1 aliphatic carbocycles. The van der Waals surface area contributed by atoms with Crippen molar-refractivity contribution >= 4 is 28.7 Å². The zero-order valence-corrected chi connectivity index (χ0v) is 19.4. The summed E-state index contributed by atoms with van der Waals surface area (Å²) in [5.74, 6) is 1.13. The molecule has 0 unspecified atom stereocenters. The number of primary amides is 1. The summed E-state index contributed by atoms with van der Waals surface area (Å²) < 4.78 is 13.3. The van der Waals surface area contributed by atoms with Crippen LogP contribution in [0.5, 0.6) is 11.6 Å². The van der Waals surface area contributed by atoms with Gasteiger partial charge in [-0.1, -0.05) is 17.7 Å². The number of nitrogens with zero attached hydrogens (tertiary/aromatic N) is 6. The second-order valence-electron chi connectivity index (χ2n) is 8.47. The third-order valence-corrected chi connectivity index (χ3v) is 6.00. The topological polar surface area (TPSA) is 131 Å². The Bertz CT molecular complexity index is 1400. The first-order chi connectivity index (χ1) is 16.3. The summed E-state index contributed by atoms with van der Waals surface area (Å²) in [6.45, 7) is 2.35. The maximum Gasteiger partial charge on any atom is 0.245 e. The molecule has 0 bridgehead atoms. The number of rotatable bonds is 8. The number of carbonyl (C=O) groups is 1. The van der Waals surface area contributed by atoms with E-state index >= 15 is 0 Å². The highest BCUT2D eigenvalue weighted by Gasteiger charge is 2.41. The molecule has 4 aromatic rings. The average Bonchev–Trinajstić information content (AvgIpc) is 3.42. The number of fused-ring (bicyclic) bond motifs is 1. The first kappa shape index (κ1) is 22.0. The summed E-state index contributed by atoms with van der Waals surface area (Å²) in [6.07, 6.45) is 5.00. The zero-order valence-electron chi connectivity index (χ0n) is 18.7. The lowest BCUT2D eigenvalue weighted by molar-refractivity contribution is -0.117. The SMILES string of the molecule is COc1cnnc(Cn2c(-c3ccc(CC(N)=O)cc3Cl)nc3c(OC4(C)CC4)ncnc32)c1. The van der Waals surface area contributed by atoms with Crippen LogP contribution in [0.3, 0.4) is 0 Å². The van der Waals surface area contributed by atoms with E-state index in [1.165, 1.54) is 12.5 Å². The summed E-state index contributed by atoms with van der Waals surface area (Å²) in [5, 5.41) is 8.67. The Kier molecular flexibility index (Phi) is 5.52. The number of amides is 1. The largest absolute Gasteiger partial charge is 0.495 e. The van der Waals surface area contributed by atoms with Gasteiger partial charge in [-0.05, 0) is 37.5 Å².